The number of nitrogens with zero attached hydrogens (tertiary/aromatic N) is 1. The van der Waals surface area contributed by atoms with Crippen LogP contribution in [0.2, 0.25) is 5.02 Å². The van der Waals surface area contributed by atoms with Crippen LogP contribution in [0.3, 0.4) is 0 Å². The normalized spacial score (nSPS) is 20.2. The number of halogens is 1. The average Bonchev–Trinajstić information content (AvgIpc) is 3.46. The number of benzene rings is 1. The van der Waals surface area contributed by atoms with E-state index in [-0.39, 0.29) is 28.4 Å². The van der Waals surface area contributed by atoms with Gasteiger partial charge in [0.25, 0.3) is 0 Å². The van der Waals surface area contributed by atoms with Gasteiger partial charge in [0.15, 0.2) is 0 Å². The van der Waals surface area contributed by atoms with E-state index in [0.29, 0.717) is 31.0 Å². The SMILES string of the molecule is COc1ccc(Cl)cc1S(=O)(=O)NCC1CCN(S(=O)(=O)C2CC2)CC1. The van der Waals surface area contributed by atoms with Gasteiger partial charge >= 0.3 is 0 Å². The lowest BCUT2D eigenvalue weighted by molar-refractivity contribution is 0.274. The van der Waals surface area contributed by atoms with E-state index >= 15 is 0 Å². The van der Waals surface area contributed by atoms with Gasteiger partial charge in [-0.3, -0.25) is 0 Å². The summed E-state index contributed by atoms with van der Waals surface area (Å²) in [6.07, 6.45) is 2.79. The summed E-state index contributed by atoms with van der Waals surface area (Å²) in [5.41, 5.74) is 0. The fraction of sp³-hybridized carbons (Fsp3) is 0.625. The molecule has 2 aliphatic rings. The minimum absolute atomic E-state index is 0.00115. The highest BCUT2D eigenvalue weighted by molar-refractivity contribution is 7.90. The van der Waals surface area contributed by atoms with E-state index in [1.165, 1.54) is 19.2 Å². The number of methoxy groups -OCH3 is 1. The first kappa shape index (κ1) is 19.9. The fourth-order valence-electron chi connectivity index (χ4n) is 3.11. The maximum absolute atomic E-state index is 12.6. The minimum atomic E-state index is -3.76. The number of piperidine rings is 1. The third-order valence-electron chi connectivity index (χ3n) is 4.86. The molecule has 1 aliphatic heterocycles. The standard InChI is InChI=1S/C16H23ClN2O5S2/c1-24-15-5-2-13(17)10-16(15)25(20,21)18-11-12-6-8-19(9-7-12)26(22,23)14-3-4-14/h2,5,10,12,14,18H,3-4,6-9,11H2,1H3. The molecular formula is C16H23ClN2O5S2. The largest absolute Gasteiger partial charge is 0.495 e. The van der Waals surface area contributed by atoms with Crippen LogP contribution in [0.4, 0.5) is 0 Å². The van der Waals surface area contributed by atoms with E-state index in [4.69, 9.17) is 16.3 Å². The van der Waals surface area contributed by atoms with Crippen molar-refractivity contribution in [2.45, 2.75) is 35.8 Å². The molecule has 0 aromatic heterocycles. The van der Waals surface area contributed by atoms with Gasteiger partial charge < -0.3 is 4.74 Å². The molecule has 1 saturated carbocycles. The van der Waals surface area contributed by atoms with E-state index in [0.717, 1.165) is 12.8 Å². The highest BCUT2D eigenvalue weighted by Gasteiger charge is 2.41. The van der Waals surface area contributed by atoms with Gasteiger partial charge in [0.1, 0.15) is 10.6 Å². The molecule has 2 fully saturated rings. The third-order valence-corrected chi connectivity index (χ3v) is 8.93. The monoisotopic (exact) mass is 422 g/mol. The minimum Gasteiger partial charge on any atom is -0.495 e. The van der Waals surface area contributed by atoms with Crippen LogP contribution in [-0.4, -0.2) is 53.1 Å². The zero-order valence-electron chi connectivity index (χ0n) is 14.5. The number of ether oxygens (including phenoxy) is 1. The maximum atomic E-state index is 12.6. The van der Waals surface area contributed by atoms with Gasteiger partial charge in [-0.2, -0.15) is 0 Å². The van der Waals surface area contributed by atoms with Crippen LogP contribution < -0.4 is 9.46 Å². The first-order chi connectivity index (χ1) is 12.2. The Morgan fingerprint density at radius 1 is 1.15 bits per heavy atom. The Bertz CT molecular complexity index is 861. The van der Waals surface area contributed by atoms with Crippen molar-refractivity contribution >= 4 is 31.6 Å². The maximum Gasteiger partial charge on any atom is 0.244 e. The van der Waals surface area contributed by atoms with Gasteiger partial charge in [-0.05, 0) is 49.8 Å². The summed E-state index contributed by atoms with van der Waals surface area (Å²) in [7, 11) is -5.51. The highest BCUT2D eigenvalue weighted by Crippen LogP contribution is 2.33. The van der Waals surface area contributed by atoms with Gasteiger partial charge in [-0.15, -0.1) is 0 Å². The second-order valence-electron chi connectivity index (χ2n) is 6.73. The summed E-state index contributed by atoms with van der Waals surface area (Å²) in [5.74, 6) is 0.327. The first-order valence-corrected chi connectivity index (χ1v) is 11.9. The van der Waals surface area contributed by atoms with Gasteiger partial charge in [0.2, 0.25) is 20.0 Å². The summed E-state index contributed by atoms with van der Waals surface area (Å²) in [6, 6.07) is 4.43. The number of rotatable bonds is 7. The van der Waals surface area contributed by atoms with Gasteiger partial charge in [-0.1, -0.05) is 11.6 Å². The number of nitrogens with one attached hydrogen (secondary N) is 1. The van der Waals surface area contributed by atoms with Gasteiger partial charge in [-0.25, -0.2) is 25.9 Å². The van der Waals surface area contributed by atoms with Gasteiger partial charge in [0, 0.05) is 24.7 Å². The van der Waals surface area contributed by atoms with Crippen molar-refractivity contribution in [1.82, 2.24) is 9.03 Å². The number of sulfonamides is 2. The fourth-order valence-corrected chi connectivity index (χ4v) is 6.53. The lowest BCUT2D eigenvalue weighted by Crippen LogP contribution is -2.42. The van der Waals surface area contributed by atoms with Crippen LogP contribution in [0.25, 0.3) is 0 Å². The molecule has 0 amide bonds. The topological polar surface area (TPSA) is 92.8 Å². The van der Waals surface area contributed by atoms with Crippen molar-refractivity contribution in [2.75, 3.05) is 26.7 Å². The zero-order valence-corrected chi connectivity index (χ0v) is 16.9. The van der Waals surface area contributed by atoms with Crippen molar-refractivity contribution in [3.63, 3.8) is 0 Å². The molecule has 7 nitrogen and oxygen atoms in total. The molecule has 1 aromatic carbocycles. The van der Waals surface area contributed by atoms with Crippen molar-refractivity contribution in [1.29, 1.82) is 0 Å². The van der Waals surface area contributed by atoms with Crippen LogP contribution in [0, 0.1) is 5.92 Å². The molecule has 0 bridgehead atoms. The van der Waals surface area contributed by atoms with E-state index in [1.807, 2.05) is 0 Å². The number of hydrogen-bond donors (Lipinski definition) is 1. The van der Waals surface area contributed by atoms with Crippen molar-refractivity contribution < 1.29 is 21.6 Å². The van der Waals surface area contributed by atoms with Crippen LogP contribution in [-0.2, 0) is 20.0 Å². The summed E-state index contributed by atoms with van der Waals surface area (Å²) in [6.45, 7) is 1.16. The summed E-state index contributed by atoms with van der Waals surface area (Å²) in [4.78, 5) is 0.00115. The average molecular weight is 423 g/mol. The van der Waals surface area contributed by atoms with E-state index in [9.17, 15) is 16.8 Å². The lowest BCUT2D eigenvalue weighted by Gasteiger charge is -2.31. The van der Waals surface area contributed by atoms with Crippen molar-refractivity contribution in [3.8, 4) is 5.75 Å². The Kier molecular flexibility index (Phi) is 5.83. The smallest absolute Gasteiger partial charge is 0.244 e. The summed E-state index contributed by atoms with van der Waals surface area (Å²) in [5, 5.41) is 0.109. The Balaban J connectivity index is 1.59. The Morgan fingerprint density at radius 3 is 2.38 bits per heavy atom. The number of hydrogen-bond acceptors (Lipinski definition) is 5. The molecule has 1 saturated heterocycles. The Hall–Kier alpha value is -0.870. The van der Waals surface area contributed by atoms with Crippen molar-refractivity contribution in [2.24, 2.45) is 5.92 Å². The molecule has 26 heavy (non-hydrogen) atoms. The van der Waals surface area contributed by atoms with Crippen LogP contribution >= 0.6 is 11.6 Å². The van der Waals surface area contributed by atoms with Crippen LogP contribution in [0.15, 0.2) is 23.1 Å². The second-order valence-corrected chi connectivity index (χ2v) is 11.1. The molecule has 0 atom stereocenters. The zero-order chi connectivity index (χ0) is 18.9. The quantitative estimate of drug-likeness (QED) is 0.723. The molecular weight excluding hydrogens is 400 g/mol. The Morgan fingerprint density at radius 2 is 1.81 bits per heavy atom. The lowest BCUT2D eigenvalue weighted by atomic mass is 9.99. The molecule has 1 heterocycles. The third kappa shape index (κ3) is 4.33. The van der Waals surface area contributed by atoms with Crippen LogP contribution in [0.5, 0.6) is 5.75 Å². The van der Waals surface area contributed by atoms with E-state index in [1.54, 1.807) is 10.4 Å². The van der Waals surface area contributed by atoms with Crippen molar-refractivity contribution in [3.05, 3.63) is 23.2 Å². The predicted molar refractivity (Wildman–Crippen MR) is 99.4 cm³/mol. The van der Waals surface area contributed by atoms with E-state index < -0.39 is 20.0 Å². The first-order valence-electron chi connectivity index (χ1n) is 8.56. The molecule has 1 aromatic rings. The van der Waals surface area contributed by atoms with Crippen LogP contribution in [0.1, 0.15) is 25.7 Å². The second kappa shape index (κ2) is 7.63. The molecule has 1 aliphatic carbocycles. The Labute approximate surface area is 159 Å². The summed E-state index contributed by atoms with van der Waals surface area (Å²) < 4.78 is 58.9. The molecule has 0 radical (unpaired) electrons. The van der Waals surface area contributed by atoms with E-state index in [2.05, 4.69) is 4.72 Å². The summed E-state index contributed by atoms with van der Waals surface area (Å²) >= 11 is 5.91. The molecule has 0 spiro atoms. The molecule has 146 valence electrons. The van der Waals surface area contributed by atoms with Gasteiger partial charge in [0.05, 0.1) is 12.4 Å². The molecule has 10 heteroatoms. The molecule has 3 rings (SSSR count). The molecule has 1 N–H and O–H groups in total. The highest BCUT2D eigenvalue weighted by atomic mass is 35.5. The molecule has 0 unspecified atom stereocenters. The predicted octanol–water partition coefficient (Wildman–Crippen LogP) is 1.83.